The van der Waals surface area contributed by atoms with E-state index in [2.05, 4.69) is 18.3 Å². The lowest BCUT2D eigenvalue weighted by Gasteiger charge is -2.09. The smallest absolute Gasteiger partial charge is 0.179 e. The van der Waals surface area contributed by atoms with Crippen LogP contribution in [0.3, 0.4) is 0 Å². The van der Waals surface area contributed by atoms with Gasteiger partial charge in [0.25, 0.3) is 0 Å². The third-order valence-corrected chi connectivity index (χ3v) is 2.93. The zero-order chi connectivity index (χ0) is 12.8. The Balaban J connectivity index is 2.15. The molecule has 0 radical (unpaired) electrons. The zero-order valence-electron chi connectivity index (χ0n) is 10.5. The lowest BCUT2D eigenvalue weighted by atomic mass is 10.2. The molecule has 4 heteroatoms. The molecular formula is C14H18ClNO2. The van der Waals surface area contributed by atoms with Crippen LogP contribution >= 0.6 is 11.6 Å². The van der Waals surface area contributed by atoms with Gasteiger partial charge in [0.05, 0.1) is 18.2 Å². The van der Waals surface area contributed by atoms with Gasteiger partial charge in [0.1, 0.15) is 0 Å². The van der Waals surface area contributed by atoms with E-state index >= 15 is 0 Å². The number of fused-ring (bicyclic) bond motifs is 1. The average molecular weight is 268 g/mol. The van der Waals surface area contributed by atoms with Crippen LogP contribution in [0.15, 0.2) is 18.2 Å². The molecule has 0 saturated heterocycles. The van der Waals surface area contributed by atoms with E-state index in [9.17, 15) is 0 Å². The van der Waals surface area contributed by atoms with E-state index in [-0.39, 0.29) is 0 Å². The molecule has 0 saturated carbocycles. The number of halogens is 1. The Hall–Kier alpha value is -1.19. The predicted octanol–water partition coefficient (Wildman–Crippen LogP) is 3.12. The lowest BCUT2D eigenvalue weighted by Crippen LogP contribution is -2.11. The molecule has 0 spiro atoms. The van der Waals surface area contributed by atoms with E-state index in [1.54, 1.807) is 0 Å². The Morgan fingerprint density at radius 1 is 1.33 bits per heavy atom. The topological polar surface area (TPSA) is 30.5 Å². The fraction of sp³-hybridized carbons (Fsp3) is 0.429. The van der Waals surface area contributed by atoms with Crippen LogP contribution in [0.25, 0.3) is 6.08 Å². The van der Waals surface area contributed by atoms with Crippen molar-refractivity contribution in [3.63, 3.8) is 0 Å². The van der Waals surface area contributed by atoms with E-state index in [1.807, 2.05) is 18.2 Å². The van der Waals surface area contributed by atoms with Crippen molar-refractivity contribution in [3.05, 3.63) is 28.8 Å². The fourth-order valence-electron chi connectivity index (χ4n) is 1.77. The van der Waals surface area contributed by atoms with Crippen molar-refractivity contribution in [2.24, 2.45) is 0 Å². The molecule has 1 N–H and O–H groups in total. The highest BCUT2D eigenvalue weighted by Gasteiger charge is 2.14. The summed E-state index contributed by atoms with van der Waals surface area (Å²) in [4.78, 5) is 0. The van der Waals surface area contributed by atoms with Crippen LogP contribution in [-0.4, -0.2) is 26.3 Å². The highest BCUT2D eigenvalue weighted by Crippen LogP contribution is 2.38. The normalized spacial score (nSPS) is 14.8. The second-order valence-electron chi connectivity index (χ2n) is 4.09. The summed E-state index contributed by atoms with van der Waals surface area (Å²) in [6, 6.07) is 3.87. The maximum Gasteiger partial charge on any atom is 0.179 e. The number of hydrogen-bond donors (Lipinski definition) is 1. The van der Waals surface area contributed by atoms with Gasteiger partial charge in [0.2, 0.25) is 0 Å². The van der Waals surface area contributed by atoms with Gasteiger partial charge in [0, 0.05) is 13.0 Å². The first kappa shape index (κ1) is 13.2. The lowest BCUT2D eigenvalue weighted by molar-refractivity contribution is 0.297. The Bertz CT molecular complexity index is 432. The number of hydrogen-bond acceptors (Lipinski definition) is 3. The van der Waals surface area contributed by atoms with Gasteiger partial charge < -0.3 is 14.8 Å². The van der Waals surface area contributed by atoms with Crippen LogP contribution < -0.4 is 14.8 Å². The Kier molecular flexibility index (Phi) is 4.90. The second-order valence-corrected chi connectivity index (χ2v) is 4.50. The van der Waals surface area contributed by atoms with Gasteiger partial charge in [-0.05, 0) is 24.2 Å². The Morgan fingerprint density at radius 3 is 3.00 bits per heavy atom. The van der Waals surface area contributed by atoms with Crippen LogP contribution in [0.4, 0.5) is 0 Å². The third kappa shape index (κ3) is 3.40. The number of likely N-dealkylation sites (N-methyl/N-ethyl adjacent to an activating group) is 1. The largest absolute Gasteiger partial charge is 0.489 e. The molecule has 0 aliphatic carbocycles. The van der Waals surface area contributed by atoms with Gasteiger partial charge in [-0.3, -0.25) is 0 Å². The van der Waals surface area contributed by atoms with E-state index < -0.39 is 0 Å². The first-order valence-electron chi connectivity index (χ1n) is 6.27. The summed E-state index contributed by atoms with van der Waals surface area (Å²) >= 11 is 6.21. The zero-order valence-corrected chi connectivity index (χ0v) is 11.3. The van der Waals surface area contributed by atoms with E-state index in [0.29, 0.717) is 24.0 Å². The molecule has 2 rings (SSSR count). The molecule has 1 aliphatic rings. The van der Waals surface area contributed by atoms with Gasteiger partial charge in [-0.25, -0.2) is 0 Å². The monoisotopic (exact) mass is 267 g/mol. The summed E-state index contributed by atoms with van der Waals surface area (Å²) in [5.41, 5.74) is 1.03. The molecule has 1 heterocycles. The van der Waals surface area contributed by atoms with Gasteiger partial charge >= 0.3 is 0 Å². The minimum absolute atomic E-state index is 0.609. The summed E-state index contributed by atoms with van der Waals surface area (Å²) in [5, 5.41) is 3.84. The minimum atomic E-state index is 0.609. The van der Waals surface area contributed by atoms with Crippen molar-refractivity contribution in [2.45, 2.75) is 13.3 Å². The quantitative estimate of drug-likeness (QED) is 0.851. The van der Waals surface area contributed by atoms with Crippen molar-refractivity contribution in [2.75, 3.05) is 26.3 Å². The highest BCUT2D eigenvalue weighted by atomic mass is 35.5. The molecule has 0 bridgehead atoms. The van der Waals surface area contributed by atoms with Crippen molar-refractivity contribution >= 4 is 17.7 Å². The molecule has 1 aliphatic heterocycles. The SMILES string of the molecule is CCNCC=Cc1cc(Cl)c2c(c1)OCCCO2. The average Bonchev–Trinajstić information content (AvgIpc) is 2.60. The van der Waals surface area contributed by atoms with Crippen molar-refractivity contribution in [1.29, 1.82) is 0 Å². The molecule has 3 nitrogen and oxygen atoms in total. The summed E-state index contributed by atoms with van der Waals surface area (Å²) in [6.45, 7) is 5.23. The summed E-state index contributed by atoms with van der Waals surface area (Å²) in [6.07, 6.45) is 4.98. The molecule has 1 aromatic rings. The van der Waals surface area contributed by atoms with Gasteiger partial charge in [0.15, 0.2) is 11.5 Å². The molecule has 18 heavy (non-hydrogen) atoms. The molecule has 0 aromatic heterocycles. The van der Waals surface area contributed by atoms with Crippen molar-refractivity contribution in [1.82, 2.24) is 5.32 Å². The summed E-state index contributed by atoms with van der Waals surface area (Å²) < 4.78 is 11.2. The van der Waals surface area contributed by atoms with E-state index in [4.69, 9.17) is 21.1 Å². The molecule has 1 aromatic carbocycles. The Morgan fingerprint density at radius 2 is 2.17 bits per heavy atom. The van der Waals surface area contributed by atoms with E-state index in [1.165, 1.54) is 0 Å². The predicted molar refractivity (Wildman–Crippen MR) is 74.6 cm³/mol. The summed E-state index contributed by atoms with van der Waals surface area (Å²) in [7, 11) is 0. The van der Waals surface area contributed by atoms with Gasteiger partial charge in [-0.2, -0.15) is 0 Å². The van der Waals surface area contributed by atoms with Crippen molar-refractivity contribution in [3.8, 4) is 11.5 Å². The van der Waals surface area contributed by atoms with Crippen LogP contribution in [0.2, 0.25) is 5.02 Å². The second kappa shape index (κ2) is 6.66. The van der Waals surface area contributed by atoms with Crippen molar-refractivity contribution < 1.29 is 9.47 Å². The fourth-order valence-corrected chi connectivity index (χ4v) is 2.04. The van der Waals surface area contributed by atoms with Gasteiger partial charge in [-0.15, -0.1) is 0 Å². The highest BCUT2D eigenvalue weighted by molar-refractivity contribution is 6.32. The molecular weight excluding hydrogens is 250 g/mol. The van der Waals surface area contributed by atoms with Crippen LogP contribution in [0.1, 0.15) is 18.9 Å². The van der Waals surface area contributed by atoms with Gasteiger partial charge in [-0.1, -0.05) is 30.7 Å². The number of ether oxygens (including phenoxy) is 2. The molecule has 0 fully saturated rings. The van der Waals surface area contributed by atoms with Crippen LogP contribution in [-0.2, 0) is 0 Å². The minimum Gasteiger partial charge on any atom is -0.489 e. The standard InChI is InChI=1S/C14H18ClNO2/c1-2-16-6-3-5-11-9-12(15)14-13(10-11)17-7-4-8-18-14/h3,5,9-10,16H,2,4,6-8H2,1H3. The maximum absolute atomic E-state index is 6.21. The van der Waals surface area contributed by atoms with Crippen LogP contribution in [0.5, 0.6) is 11.5 Å². The maximum atomic E-state index is 6.21. The van der Waals surface area contributed by atoms with E-state index in [0.717, 1.165) is 30.8 Å². The summed E-state index contributed by atoms with van der Waals surface area (Å²) in [5.74, 6) is 1.40. The number of rotatable bonds is 4. The molecule has 0 atom stereocenters. The first-order valence-corrected chi connectivity index (χ1v) is 6.65. The first-order chi connectivity index (χ1) is 8.81. The Labute approximate surface area is 113 Å². The number of benzene rings is 1. The third-order valence-electron chi connectivity index (χ3n) is 2.65. The number of nitrogens with one attached hydrogen (secondary N) is 1. The molecule has 0 unspecified atom stereocenters. The van der Waals surface area contributed by atoms with Crippen LogP contribution in [0, 0.1) is 0 Å². The molecule has 98 valence electrons. The molecule has 0 amide bonds.